The standard InChI is InChI=1S/C22H28FN5O.HI/c1-2-24-22(25-16-18-8-6-7-11-20(18)23)26-17-21(29)28-14-12-27(13-15-28)19-9-4-3-5-10-19;/h3-11H,2,12-17H2,1H3,(H2,24,25,26);1H. The van der Waals surface area contributed by atoms with E-state index < -0.39 is 0 Å². The topological polar surface area (TPSA) is 60.0 Å². The van der Waals surface area contributed by atoms with Gasteiger partial charge in [-0.2, -0.15) is 0 Å². The molecule has 0 aliphatic carbocycles. The van der Waals surface area contributed by atoms with Crippen molar-refractivity contribution in [3.63, 3.8) is 0 Å². The van der Waals surface area contributed by atoms with E-state index in [-0.39, 0.29) is 48.8 Å². The molecule has 0 radical (unpaired) electrons. The Morgan fingerprint density at radius 3 is 2.33 bits per heavy atom. The van der Waals surface area contributed by atoms with Gasteiger partial charge in [-0.25, -0.2) is 9.38 Å². The summed E-state index contributed by atoms with van der Waals surface area (Å²) in [5.74, 6) is 0.265. The van der Waals surface area contributed by atoms with E-state index in [1.165, 1.54) is 11.8 Å². The van der Waals surface area contributed by atoms with E-state index in [9.17, 15) is 9.18 Å². The van der Waals surface area contributed by atoms with Gasteiger partial charge in [0.2, 0.25) is 5.91 Å². The van der Waals surface area contributed by atoms with E-state index in [1.807, 2.05) is 30.0 Å². The Morgan fingerprint density at radius 1 is 1.00 bits per heavy atom. The average molecular weight is 525 g/mol. The van der Waals surface area contributed by atoms with Crippen molar-refractivity contribution in [3.8, 4) is 0 Å². The molecule has 1 aliphatic heterocycles. The molecule has 30 heavy (non-hydrogen) atoms. The molecule has 1 saturated heterocycles. The van der Waals surface area contributed by atoms with E-state index in [4.69, 9.17) is 0 Å². The molecule has 1 aliphatic rings. The number of nitrogens with one attached hydrogen (secondary N) is 2. The van der Waals surface area contributed by atoms with Crippen molar-refractivity contribution < 1.29 is 9.18 Å². The first-order valence-corrected chi connectivity index (χ1v) is 10.0. The lowest BCUT2D eigenvalue weighted by atomic mass is 10.2. The van der Waals surface area contributed by atoms with Gasteiger partial charge in [-0.1, -0.05) is 36.4 Å². The number of benzene rings is 2. The number of hydrogen-bond acceptors (Lipinski definition) is 3. The van der Waals surface area contributed by atoms with Crippen LogP contribution < -0.4 is 15.5 Å². The molecule has 162 valence electrons. The lowest BCUT2D eigenvalue weighted by Crippen LogP contribution is -2.52. The number of hydrogen-bond donors (Lipinski definition) is 2. The molecule has 8 heteroatoms. The van der Waals surface area contributed by atoms with E-state index in [1.54, 1.807) is 18.2 Å². The number of rotatable bonds is 6. The van der Waals surface area contributed by atoms with Gasteiger partial charge in [0.25, 0.3) is 0 Å². The summed E-state index contributed by atoms with van der Waals surface area (Å²) in [5, 5.41) is 6.16. The molecule has 2 aromatic rings. The first-order chi connectivity index (χ1) is 14.2. The molecule has 1 heterocycles. The second-order valence-electron chi connectivity index (χ2n) is 6.84. The lowest BCUT2D eigenvalue weighted by molar-refractivity contribution is -0.130. The van der Waals surface area contributed by atoms with Crippen LogP contribution in [-0.2, 0) is 11.3 Å². The van der Waals surface area contributed by atoms with Gasteiger partial charge in [0.1, 0.15) is 5.82 Å². The third-order valence-corrected chi connectivity index (χ3v) is 4.87. The Labute approximate surface area is 194 Å². The molecule has 0 bridgehead atoms. The zero-order valence-corrected chi connectivity index (χ0v) is 19.5. The number of amides is 1. The zero-order chi connectivity index (χ0) is 20.5. The summed E-state index contributed by atoms with van der Waals surface area (Å²) in [6, 6.07) is 16.8. The van der Waals surface area contributed by atoms with Crippen molar-refractivity contribution in [2.75, 3.05) is 44.2 Å². The number of anilines is 1. The van der Waals surface area contributed by atoms with Gasteiger partial charge in [0, 0.05) is 44.0 Å². The number of aliphatic imine (C=N–C) groups is 1. The van der Waals surface area contributed by atoms with Crippen LogP contribution in [0.1, 0.15) is 12.5 Å². The number of halogens is 2. The third kappa shape index (κ3) is 6.86. The molecule has 2 N–H and O–H groups in total. The van der Waals surface area contributed by atoms with Crippen molar-refractivity contribution in [2.45, 2.75) is 13.5 Å². The molecular weight excluding hydrogens is 496 g/mol. The summed E-state index contributed by atoms with van der Waals surface area (Å²) >= 11 is 0. The number of carbonyl (C=O) groups excluding carboxylic acids is 1. The fourth-order valence-electron chi connectivity index (χ4n) is 3.26. The minimum absolute atomic E-state index is 0. The van der Waals surface area contributed by atoms with Crippen LogP contribution in [0.4, 0.5) is 10.1 Å². The fourth-order valence-corrected chi connectivity index (χ4v) is 3.26. The minimum atomic E-state index is -0.278. The quantitative estimate of drug-likeness (QED) is 0.346. The fraction of sp³-hybridized carbons (Fsp3) is 0.364. The van der Waals surface area contributed by atoms with Gasteiger partial charge in [0.15, 0.2) is 5.96 Å². The Hall–Kier alpha value is -2.36. The second-order valence-corrected chi connectivity index (χ2v) is 6.84. The van der Waals surface area contributed by atoms with E-state index in [0.717, 1.165) is 13.1 Å². The van der Waals surface area contributed by atoms with Gasteiger partial charge in [-0.05, 0) is 25.1 Å². The molecule has 3 rings (SSSR count). The minimum Gasteiger partial charge on any atom is -0.368 e. The van der Waals surface area contributed by atoms with Crippen molar-refractivity contribution in [3.05, 3.63) is 66.0 Å². The van der Waals surface area contributed by atoms with Gasteiger partial charge in [-0.3, -0.25) is 4.79 Å². The highest BCUT2D eigenvalue weighted by molar-refractivity contribution is 14.0. The predicted octanol–water partition coefficient (Wildman–Crippen LogP) is 2.85. The summed E-state index contributed by atoms with van der Waals surface area (Å²) in [5.41, 5.74) is 1.71. The predicted molar refractivity (Wildman–Crippen MR) is 130 cm³/mol. The highest BCUT2D eigenvalue weighted by Gasteiger charge is 2.21. The molecule has 2 aromatic carbocycles. The lowest BCUT2D eigenvalue weighted by Gasteiger charge is -2.36. The van der Waals surface area contributed by atoms with Crippen LogP contribution in [0, 0.1) is 5.82 Å². The van der Waals surface area contributed by atoms with Crippen molar-refractivity contribution in [2.24, 2.45) is 4.99 Å². The summed E-state index contributed by atoms with van der Waals surface area (Å²) in [6.45, 7) is 6.00. The van der Waals surface area contributed by atoms with Crippen molar-refractivity contribution >= 4 is 41.5 Å². The maximum absolute atomic E-state index is 13.8. The van der Waals surface area contributed by atoms with Crippen LogP contribution in [0.2, 0.25) is 0 Å². The van der Waals surface area contributed by atoms with Gasteiger partial charge in [0.05, 0.1) is 13.1 Å². The normalized spacial score (nSPS) is 14.1. The number of guanidine groups is 1. The SMILES string of the molecule is CCNC(=NCc1ccccc1F)NCC(=O)N1CCN(c2ccccc2)CC1.I. The molecule has 0 atom stereocenters. The molecule has 0 spiro atoms. The summed E-state index contributed by atoms with van der Waals surface area (Å²) in [7, 11) is 0. The first kappa shape index (κ1) is 23.9. The number of piperazine rings is 1. The van der Waals surface area contributed by atoms with E-state index >= 15 is 0 Å². The van der Waals surface area contributed by atoms with Crippen LogP contribution in [0.15, 0.2) is 59.6 Å². The molecule has 1 amide bonds. The largest absolute Gasteiger partial charge is 0.368 e. The highest BCUT2D eigenvalue weighted by Crippen LogP contribution is 2.15. The van der Waals surface area contributed by atoms with E-state index in [2.05, 4.69) is 32.7 Å². The first-order valence-electron chi connectivity index (χ1n) is 10.0. The Morgan fingerprint density at radius 2 is 1.67 bits per heavy atom. The number of para-hydroxylation sites is 1. The van der Waals surface area contributed by atoms with Crippen molar-refractivity contribution in [1.82, 2.24) is 15.5 Å². The summed E-state index contributed by atoms with van der Waals surface area (Å²) in [4.78, 5) is 21.1. The molecule has 1 fully saturated rings. The van der Waals surface area contributed by atoms with Gasteiger partial charge < -0.3 is 20.4 Å². The zero-order valence-electron chi connectivity index (χ0n) is 17.2. The van der Waals surface area contributed by atoms with Gasteiger partial charge >= 0.3 is 0 Å². The molecule has 6 nitrogen and oxygen atoms in total. The molecule has 0 saturated carbocycles. The Bertz CT molecular complexity index is 825. The average Bonchev–Trinajstić information content (AvgIpc) is 2.77. The van der Waals surface area contributed by atoms with Crippen LogP contribution in [0.5, 0.6) is 0 Å². The van der Waals surface area contributed by atoms with Crippen LogP contribution in [-0.4, -0.2) is 56.0 Å². The molecule has 0 aromatic heterocycles. The van der Waals surface area contributed by atoms with Crippen LogP contribution in [0.25, 0.3) is 0 Å². The maximum Gasteiger partial charge on any atom is 0.242 e. The monoisotopic (exact) mass is 525 g/mol. The third-order valence-electron chi connectivity index (χ3n) is 4.87. The summed E-state index contributed by atoms with van der Waals surface area (Å²) in [6.07, 6.45) is 0. The Kier molecular flexibility index (Phi) is 9.85. The van der Waals surface area contributed by atoms with E-state index in [0.29, 0.717) is 31.2 Å². The maximum atomic E-state index is 13.8. The van der Waals surface area contributed by atoms with Crippen LogP contribution in [0.3, 0.4) is 0 Å². The van der Waals surface area contributed by atoms with Crippen LogP contribution >= 0.6 is 24.0 Å². The molecule has 0 unspecified atom stereocenters. The smallest absolute Gasteiger partial charge is 0.242 e. The molecular formula is C22H29FIN5O. The van der Waals surface area contributed by atoms with Gasteiger partial charge in [-0.15, -0.1) is 24.0 Å². The number of carbonyl (C=O) groups is 1. The van der Waals surface area contributed by atoms with Crippen molar-refractivity contribution in [1.29, 1.82) is 0 Å². The number of nitrogens with zero attached hydrogens (tertiary/aromatic N) is 3. The Balaban J connectivity index is 0.00000320. The highest BCUT2D eigenvalue weighted by atomic mass is 127. The second kappa shape index (κ2) is 12.4. The summed E-state index contributed by atoms with van der Waals surface area (Å²) < 4.78 is 13.8.